The maximum Gasteiger partial charge on any atom is 0.267 e. The molecule has 7 heteroatoms. The first kappa shape index (κ1) is 20.6. The number of aryl methyl sites for hydroxylation is 2. The molecule has 0 aliphatic carbocycles. The highest BCUT2D eigenvalue weighted by Crippen LogP contribution is 2.37. The van der Waals surface area contributed by atoms with E-state index in [0.717, 1.165) is 47.1 Å². The third-order valence-electron chi connectivity index (χ3n) is 5.47. The van der Waals surface area contributed by atoms with E-state index < -0.39 is 0 Å². The van der Waals surface area contributed by atoms with Gasteiger partial charge in [0.15, 0.2) is 0 Å². The third kappa shape index (κ3) is 4.27. The summed E-state index contributed by atoms with van der Waals surface area (Å²) in [4.78, 5) is 19.3. The molecule has 0 atom stereocenters. The van der Waals surface area contributed by atoms with Crippen LogP contribution in [0.4, 0.5) is 0 Å². The SMILES string of the molecule is CCOc1cc(-c2ccccc2)sc1C(=O)N1CCN(Cc2c(C)noc2C)CC1. The standard InChI is InChI=1S/C23H27N3O3S/c1-4-28-20-14-21(18-8-6-5-7-9-18)30-22(20)23(27)26-12-10-25(11-13-26)15-19-16(2)24-29-17(19)3/h5-9,14H,4,10-13,15H2,1-3H3. The highest BCUT2D eigenvalue weighted by molar-refractivity contribution is 7.17. The fraction of sp³-hybridized carbons (Fsp3) is 0.391. The lowest BCUT2D eigenvalue weighted by molar-refractivity contribution is 0.0629. The monoisotopic (exact) mass is 425 g/mol. The van der Waals surface area contributed by atoms with Crippen LogP contribution >= 0.6 is 11.3 Å². The number of thiophene rings is 1. The van der Waals surface area contributed by atoms with Gasteiger partial charge < -0.3 is 14.2 Å². The van der Waals surface area contributed by atoms with Crippen LogP contribution in [-0.4, -0.2) is 53.6 Å². The summed E-state index contributed by atoms with van der Waals surface area (Å²) >= 11 is 1.51. The summed E-state index contributed by atoms with van der Waals surface area (Å²) in [5.74, 6) is 1.62. The highest BCUT2D eigenvalue weighted by Gasteiger charge is 2.27. The second-order valence-electron chi connectivity index (χ2n) is 7.47. The zero-order valence-electron chi connectivity index (χ0n) is 17.7. The van der Waals surface area contributed by atoms with Gasteiger partial charge in [0.25, 0.3) is 5.91 Å². The smallest absolute Gasteiger partial charge is 0.267 e. The van der Waals surface area contributed by atoms with Gasteiger partial charge in [0, 0.05) is 43.2 Å². The van der Waals surface area contributed by atoms with Crippen LogP contribution in [0.2, 0.25) is 0 Å². The van der Waals surface area contributed by atoms with Gasteiger partial charge in [-0.1, -0.05) is 35.5 Å². The van der Waals surface area contributed by atoms with Crippen LogP contribution in [0, 0.1) is 13.8 Å². The van der Waals surface area contributed by atoms with E-state index in [4.69, 9.17) is 9.26 Å². The largest absolute Gasteiger partial charge is 0.492 e. The number of aromatic nitrogens is 1. The molecule has 6 nitrogen and oxygen atoms in total. The van der Waals surface area contributed by atoms with E-state index in [1.807, 2.05) is 49.9 Å². The number of amides is 1. The summed E-state index contributed by atoms with van der Waals surface area (Å²) < 4.78 is 11.1. The van der Waals surface area contributed by atoms with Crippen LogP contribution < -0.4 is 4.74 Å². The van der Waals surface area contributed by atoms with Crippen LogP contribution in [0.1, 0.15) is 33.6 Å². The maximum absolute atomic E-state index is 13.3. The third-order valence-corrected chi connectivity index (χ3v) is 6.63. The minimum Gasteiger partial charge on any atom is -0.492 e. The Balaban J connectivity index is 1.45. The van der Waals surface area contributed by atoms with Gasteiger partial charge in [-0.25, -0.2) is 0 Å². The van der Waals surface area contributed by atoms with Gasteiger partial charge in [-0.2, -0.15) is 0 Å². The number of benzene rings is 1. The van der Waals surface area contributed by atoms with Crippen molar-refractivity contribution in [1.29, 1.82) is 0 Å². The predicted molar refractivity (Wildman–Crippen MR) is 118 cm³/mol. The van der Waals surface area contributed by atoms with Gasteiger partial charge in [0.1, 0.15) is 16.4 Å². The number of rotatable bonds is 6. The van der Waals surface area contributed by atoms with Crippen LogP contribution in [0.25, 0.3) is 10.4 Å². The average molecular weight is 426 g/mol. The van der Waals surface area contributed by atoms with Gasteiger partial charge in [-0.3, -0.25) is 9.69 Å². The second kappa shape index (κ2) is 9.02. The van der Waals surface area contributed by atoms with E-state index in [0.29, 0.717) is 30.3 Å². The van der Waals surface area contributed by atoms with E-state index in [9.17, 15) is 4.79 Å². The number of ether oxygens (including phenoxy) is 1. The maximum atomic E-state index is 13.3. The summed E-state index contributed by atoms with van der Waals surface area (Å²) in [6.45, 7) is 10.3. The summed E-state index contributed by atoms with van der Waals surface area (Å²) in [6, 6.07) is 12.1. The molecule has 1 aromatic carbocycles. The lowest BCUT2D eigenvalue weighted by Gasteiger charge is -2.34. The van der Waals surface area contributed by atoms with Crippen LogP contribution in [0.5, 0.6) is 5.75 Å². The first-order valence-corrected chi connectivity index (χ1v) is 11.1. The molecule has 0 radical (unpaired) electrons. The fourth-order valence-electron chi connectivity index (χ4n) is 3.73. The Labute approximate surface area is 181 Å². The number of hydrogen-bond donors (Lipinski definition) is 0. The molecule has 3 aromatic rings. The molecule has 1 amide bonds. The summed E-state index contributed by atoms with van der Waals surface area (Å²) in [5, 5.41) is 4.04. The quantitative estimate of drug-likeness (QED) is 0.587. The molecule has 30 heavy (non-hydrogen) atoms. The van der Waals surface area contributed by atoms with Crippen molar-refractivity contribution in [3.63, 3.8) is 0 Å². The molecule has 0 N–H and O–H groups in total. The van der Waals surface area contributed by atoms with Gasteiger partial charge in [-0.15, -0.1) is 11.3 Å². The van der Waals surface area contributed by atoms with E-state index in [1.165, 1.54) is 11.3 Å². The highest BCUT2D eigenvalue weighted by atomic mass is 32.1. The Morgan fingerprint density at radius 2 is 1.90 bits per heavy atom. The summed E-state index contributed by atoms with van der Waals surface area (Å²) in [7, 11) is 0. The van der Waals surface area contributed by atoms with Crippen LogP contribution in [0.15, 0.2) is 40.9 Å². The van der Waals surface area contributed by atoms with E-state index in [2.05, 4.69) is 22.2 Å². The minimum absolute atomic E-state index is 0.0580. The van der Waals surface area contributed by atoms with Crippen LogP contribution in [-0.2, 0) is 6.54 Å². The molecule has 3 heterocycles. The van der Waals surface area contributed by atoms with Crippen molar-refractivity contribution in [3.8, 4) is 16.2 Å². The minimum atomic E-state index is 0.0580. The number of piperazine rings is 1. The van der Waals surface area contributed by atoms with Gasteiger partial charge >= 0.3 is 0 Å². The van der Waals surface area contributed by atoms with E-state index in [1.54, 1.807) is 0 Å². The zero-order chi connectivity index (χ0) is 21.1. The molecular weight excluding hydrogens is 398 g/mol. The van der Waals surface area contributed by atoms with Crippen molar-refractivity contribution >= 4 is 17.2 Å². The van der Waals surface area contributed by atoms with E-state index in [-0.39, 0.29) is 5.91 Å². The predicted octanol–water partition coefficient (Wildman–Crippen LogP) is 4.38. The molecular formula is C23H27N3O3S. The molecule has 2 aromatic heterocycles. The number of hydrogen-bond acceptors (Lipinski definition) is 6. The lowest BCUT2D eigenvalue weighted by Crippen LogP contribution is -2.48. The summed E-state index contributed by atoms with van der Waals surface area (Å²) in [5.41, 5.74) is 3.20. The first-order valence-electron chi connectivity index (χ1n) is 10.3. The number of carbonyl (C=O) groups is 1. The molecule has 0 spiro atoms. The molecule has 1 aliphatic heterocycles. The van der Waals surface area contributed by atoms with Crippen molar-refractivity contribution in [2.24, 2.45) is 0 Å². The lowest BCUT2D eigenvalue weighted by atomic mass is 10.1. The number of nitrogens with zero attached hydrogens (tertiary/aromatic N) is 3. The summed E-state index contributed by atoms with van der Waals surface area (Å²) in [6.07, 6.45) is 0. The molecule has 158 valence electrons. The van der Waals surface area contributed by atoms with E-state index >= 15 is 0 Å². The molecule has 1 aliphatic rings. The molecule has 0 bridgehead atoms. The Kier molecular flexibility index (Phi) is 6.20. The Morgan fingerprint density at radius 3 is 2.53 bits per heavy atom. The van der Waals surface area contributed by atoms with Gasteiger partial charge in [-0.05, 0) is 32.4 Å². The molecule has 4 rings (SSSR count). The normalized spacial score (nSPS) is 14.8. The average Bonchev–Trinajstić information content (AvgIpc) is 3.33. The molecule has 0 unspecified atom stereocenters. The van der Waals surface area contributed by atoms with Gasteiger partial charge in [0.2, 0.25) is 0 Å². The van der Waals surface area contributed by atoms with Crippen LogP contribution in [0.3, 0.4) is 0 Å². The second-order valence-corrected chi connectivity index (χ2v) is 8.53. The fourth-order valence-corrected chi connectivity index (χ4v) is 4.81. The van der Waals surface area contributed by atoms with Crippen molar-refractivity contribution in [3.05, 3.63) is 58.3 Å². The van der Waals surface area contributed by atoms with Crippen molar-refractivity contribution < 1.29 is 14.1 Å². The first-order chi connectivity index (χ1) is 14.6. The Morgan fingerprint density at radius 1 is 1.17 bits per heavy atom. The molecule has 1 fully saturated rings. The molecule has 0 saturated carbocycles. The van der Waals surface area contributed by atoms with Crippen molar-refractivity contribution in [2.75, 3.05) is 32.8 Å². The van der Waals surface area contributed by atoms with Crippen molar-refractivity contribution in [2.45, 2.75) is 27.3 Å². The Hall–Kier alpha value is -2.64. The topological polar surface area (TPSA) is 58.8 Å². The molecule has 1 saturated heterocycles. The number of carbonyl (C=O) groups excluding carboxylic acids is 1. The van der Waals surface area contributed by atoms with Crippen molar-refractivity contribution in [1.82, 2.24) is 15.0 Å². The zero-order valence-corrected chi connectivity index (χ0v) is 18.5. The Bertz CT molecular complexity index is 985. The van der Waals surface area contributed by atoms with Gasteiger partial charge in [0.05, 0.1) is 12.3 Å².